The lowest BCUT2D eigenvalue weighted by Crippen LogP contribution is -2.36. The highest BCUT2D eigenvalue weighted by molar-refractivity contribution is 6.07. The number of anilines is 1. The lowest BCUT2D eigenvalue weighted by atomic mass is 9.88. The van der Waals surface area contributed by atoms with E-state index in [-0.39, 0.29) is 11.8 Å². The van der Waals surface area contributed by atoms with Crippen LogP contribution in [0.15, 0.2) is 24.3 Å². The second-order valence-electron chi connectivity index (χ2n) is 4.74. The molecule has 1 aromatic carbocycles. The summed E-state index contributed by atoms with van der Waals surface area (Å²) in [6.45, 7) is 0. The zero-order valence-electron chi connectivity index (χ0n) is 10.3. The molecule has 18 heavy (non-hydrogen) atoms. The number of carbonyl (C=O) groups is 2. The number of rotatable bonds is 2. The van der Waals surface area contributed by atoms with Gasteiger partial charge in [0.2, 0.25) is 5.91 Å². The molecule has 2 amide bonds. The van der Waals surface area contributed by atoms with Crippen molar-refractivity contribution in [1.82, 2.24) is 5.32 Å². The first-order chi connectivity index (χ1) is 8.68. The number of hydrogen-bond donors (Lipinski definition) is 2. The van der Waals surface area contributed by atoms with Crippen LogP contribution in [-0.2, 0) is 4.79 Å². The van der Waals surface area contributed by atoms with Crippen molar-refractivity contribution in [3.8, 4) is 0 Å². The SMILES string of the molecule is Nc1ccccc1C(=O)NC(=O)C1CCCCC1. The largest absolute Gasteiger partial charge is 0.398 e. The molecule has 4 nitrogen and oxygen atoms in total. The quantitative estimate of drug-likeness (QED) is 0.620. The second kappa shape index (κ2) is 5.67. The van der Waals surface area contributed by atoms with Gasteiger partial charge in [-0.25, -0.2) is 0 Å². The fourth-order valence-corrected chi connectivity index (χ4v) is 2.35. The molecule has 1 aliphatic carbocycles. The molecule has 0 aromatic heterocycles. The predicted octanol–water partition coefficient (Wildman–Crippen LogP) is 2.11. The third kappa shape index (κ3) is 2.88. The number of imide groups is 1. The summed E-state index contributed by atoms with van der Waals surface area (Å²) in [6.07, 6.45) is 5.08. The Kier molecular flexibility index (Phi) is 3.97. The standard InChI is InChI=1S/C14H18N2O2/c15-12-9-5-4-8-11(12)14(18)16-13(17)10-6-2-1-3-7-10/h4-5,8-10H,1-3,6-7,15H2,(H,16,17,18). The van der Waals surface area contributed by atoms with E-state index in [9.17, 15) is 9.59 Å². The van der Waals surface area contributed by atoms with E-state index in [0.29, 0.717) is 11.3 Å². The molecular formula is C14H18N2O2. The Bertz CT molecular complexity index is 451. The molecule has 4 heteroatoms. The van der Waals surface area contributed by atoms with E-state index in [4.69, 9.17) is 5.73 Å². The van der Waals surface area contributed by atoms with Crippen molar-refractivity contribution < 1.29 is 9.59 Å². The Balaban J connectivity index is 1.99. The van der Waals surface area contributed by atoms with Crippen LogP contribution in [0.2, 0.25) is 0 Å². The number of para-hydroxylation sites is 1. The van der Waals surface area contributed by atoms with Crippen LogP contribution in [0.4, 0.5) is 5.69 Å². The van der Waals surface area contributed by atoms with Crippen molar-refractivity contribution in [2.24, 2.45) is 5.92 Å². The van der Waals surface area contributed by atoms with Crippen molar-refractivity contribution in [2.75, 3.05) is 5.73 Å². The van der Waals surface area contributed by atoms with Gasteiger partial charge >= 0.3 is 0 Å². The van der Waals surface area contributed by atoms with E-state index in [1.807, 2.05) is 0 Å². The normalized spacial score (nSPS) is 16.2. The van der Waals surface area contributed by atoms with E-state index >= 15 is 0 Å². The van der Waals surface area contributed by atoms with Crippen LogP contribution < -0.4 is 11.1 Å². The minimum Gasteiger partial charge on any atom is -0.398 e. The fraction of sp³-hybridized carbons (Fsp3) is 0.429. The van der Waals surface area contributed by atoms with Crippen molar-refractivity contribution in [3.63, 3.8) is 0 Å². The first kappa shape index (κ1) is 12.6. The maximum absolute atomic E-state index is 11.9. The average molecular weight is 246 g/mol. The van der Waals surface area contributed by atoms with Gasteiger partial charge in [-0.05, 0) is 25.0 Å². The topological polar surface area (TPSA) is 72.2 Å². The van der Waals surface area contributed by atoms with Gasteiger partial charge in [-0.15, -0.1) is 0 Å². The lowest BCUT2D eigenvalue weighted by Gasteiger charge is -2.20. The zero-order valence-corrected chi connectivity index (χ0v) is 10.3. The molecule has 0 radical (unpaired) electrons. The van der Waals surface area contributed by atoms with Gasteiger partial charge in [0, 0.05) is 11.6 Å². The smallest absolute Gasteiger partial charge is 0.259 e. The number of hydrogen-bond acceptors (Lipinski definition) is 3. The van der Waals surface area contributed by atoms with E-state index in [1.165, 1.54) is 6.42 Å². The first-order valence-corrected chi connectivity index (χ1v) is 6.38. The molecule has 0 spiro atoms. The molecule has 0 bridgehead atoms. The fourth-order valence-electron chi connectivity index (χ4n) is 2.35. The summed E-state index contributed by atoms with van der Waals surface area (Å²) < 4.78 is 0. The molecule has 1 saturated carbocycles. The number of nitrogens with one attached hydrogen (secondary N) is 1. The van der Waals surface area contributed by atoms with Crippen molar-refractivity contribution in [1.29, 1.82) is 0 Å². The number of nitrogen functional groups attached to an aromatic ring is 1. The highest BCUT2D eigenvalue weighted by Crippen LogP contribution is 2.23. The molecule has 0 atom stereocenters. The van der Waals surface area contributed by atoms with Crippen LogP contribution in [0.25, 0.3) is 0 Å². The summed E-state index contributed by atoms with van der Waals surface area (Å²) in [4.78, 5) is 23.8. The van der Waals surface area contributed by atoms with Crippen LogP contribution in [0.3, 0.4) is 0 Å². The molecular weight excluding hydrogens is 228 g/mol. The Morgan fingerprint density at radius 1 is 1.11 bits per heavy atom. The molecule has 96 valence electrons. The summed E-state index contributed by atoms with van der Waals surface area (Å²) in [6, 6.07) is 6.77. The van der Waals surface area contributed by atoms with Gasteiger partial charge in [0.1, 0.15) is 0 Å². The van der Waals surface area contributed by atoms with Crippen molar-refractivity contribution in [2.45, 2.75) is 32.1 Å². The monoisotopic (exact) mass is 246 g/mol. The third-order valence-electron chi connectivity index (χ3n) is 3.42. The van der Waals surface area contributed by atoms with Crippen LogP contribution in [0, 0.1) is 5.92 Å². The first-order valence-electron chi connectivity index (χ1n) is 6.38. The van der Waals surface area contributed by atoms with Gasteiger partial charge in [-0.2, -0.15) is 0 Å². The van der Waals surface area contributed by atoms with E-state index in [1.54, 1.807) is 24.3 Å². The van der Waals surface area contributed by atoms with Crippen molar-refractivity contribution >= 4 is 17.5 Å². The molecule has 1 aromatic rings. The van der Waals surface area contributed by atoms with E-state index < -0.39 is 5.91 Å². The molecule has 0 unspecified atom stereocenters. The average Bonchev–Trinajstić information content (AvgIpc) is 2.40. The summed E-state index contributed by atoms with van der Waals surface area (Å²) >= 11 is 0. The van der Waals surface area contributed by atoms with Gasteiger partial charge in [0.05, 0.1) is 5.56 Å². The third-order valence-corrected chi connectivity index (χ3v) is 3.42. The Morgan fingerprint density at radius 2 is 1.78 bits per heavy atom. The molecule has 3 N–H and O–H groups in total. The maximum atomic E-state index is 11.9. The lowest BCUT2D eigenvalue weighted by molar-refractivity contribution is -0.124. The highest BCUT2D eigenvalue weighted by atomic mass is 16.2. The van der Waals surface area contributed by atoms with Crippen molar-refractivity contribution in [3.05, 3.63) is 29.8 Å². The van der Waals surface area contributed by atoms with E-state index in [2.05, 4.69) is 5.32 Å². The molecule has 0 aliphatic heterocycles. The molecule has 0 heterocycles. The minimum atomic E-state index is -0.399. The second-order valence-corrected chi connectivity index (χ2v) is 4.74. The van der Waals surface area contributed by atoms with Crippen LogP contribution in [0.1, 0.15) is 42.5 Å². The highest BCUT2D eigenvalue weighted by Gasteiger charge is 2.23. The Labute approximate surface area is 107 Å². The maximum Gasteiger partial charge on any atom is 0.259 e. The molecule has 1 aliphatic rings. The Morgan fingerprint density at radius 3 is 2.44 bits per heavy atom. The molecule has 0 saturated heterocycles. The summed E-state index contributed by atoms with van der Waals surface area (Å²) in [5.74, 6) is -0.584. The number of amides is 2. The number of benzene rings is 1. The summed E-state index contributed by atoms with van der Waals surface area (Å²) in [5, 5.41) is 2.45. The van der Waals surface area contributed by atoms with E-state index in [0.717, 1.165) is 25.7 Å². The van der Waals surface area contributed by atoms with Crippen LogP contribution in [0.5, 0.6) is 0 Å². The predicted molar refractivity (Wildman–Crippen MR) is 69.9 cm³/mol. The van der Waals surface area contributed by atoms with Crippen LogP contribution >= 0.6 is 0 Å². The number of carbonyl (C=O) groups excluding carboxylic acids is 2. The number of nitrogens with two attached hydrogens (primary N) is 1. The zero-order chi connectivity index (χ0) is 13.0. The molecule has 1 fully saturated rings. The molecule has 2 rings (SSSR count). The van der Waals surface area contributed by atoms with Gasteiger partial charge in [0.25, 0.3) is 5.91 Å². The van der Waals surface area contributed by atoms with Gasteiger partial charge in [-0.3, -0.25) is 14.9 Å². The summed E-state index contributed by atoms with van der Waals surface area (Å²) in [7, 11) is 0. The van der Waals surface area contributed by atoms with Gasteiger partial charge in [-0.1, -0.05) is 31.4 Å². The van der Waals surface area contributed by atoms with Crippen LogP contribution in [-0.4, -0.2) is 11.8 Å². The van der Waals surface area contributed by atoms with Gasteiger partial charge < -0.3 is 5.73 Å². The van der Waals surface area contributed by atoms with Gasteiger partial charge in [0.15, 0.2) is 0 Å². The Hall–Kier alpha value is -1.84. The minimum absolute atomic E-state index is 0.0207. The summed E-state index contributed by atoms with van der Waals surface area (Å²) in [5.41, 5.74) is 6.46.